The second kappa shape index (κ2) is 11.0. The van der Waals surface area contributed by atoms with Crippen LogP contribution in [0.4, 0.5) is 0 Å². The van der Waals surface area contributed by atoms with Gasteiger partial charge in [-0.2, -0.15) is 0 Å². The number of ether oxygens (including phenoxy) is 1. The number of benzene rings is 3. The molecule has 32 heavy (non-hydrogen) atoms. The maximum absolute atomic E-state index is 12.0. The van der Waals surface area contributed by atoms with E-state index in [1.807, 2.05) is 48.5 Å². The monoisotopic (exact) mass is 447 g/mol. The first kappa shape index (κ1) is 22.9. The number of likely N-dealkylation sites (tertiary alicyclic amines) is 1. The minimum absolute atomic E-state index is 0.203. The van der Waals surface area contributed by atoms with Crippen molar-refractivity contribution in [2.24, 2.45) is 5.92 Å². The lowest BCUT2D eigenvalue weighted by Gasteiger charge is -2.42. The van der Waals surface area contributed by atoms with Gasteiger partial charge in [-0.15, -0.1) is 11.8 Å². The van der Waals surface area contributed by atoms with Gasteiger partial charge in [0.2, 0.25) is 0 Å². The highest BCUT2D eigenvalue weighted by Crippen LogP contribution is 2.41. The van der Waals surface area contributed by atoms with Crippen molar-refractivity contribution < 1.29 is 9.84 Å². The number of piperidine rings is 1. The molecule has 168 valence electrons. The van der Waals surface area contributed by atoms with Crippen molar-refractivity contribution in [2.75, 3.05) is 32.5 Å². The topological polar surface area (TPSA) is 32.7 Å². The lowest BCUT2D eigenvalue weighted by atomic mass is 9.72. The number of hydrogen-bond donors (Lipinski definition) is 1. The van der Waals surface area contributed by atoms with E-state index in [9.17, 15) is 5.11 Å². The van der Waals surface area contributed by atoms with Crippen LogP contribution < -0.4 is 4.74 Å². The van der Waals surface area contributed by atoms with Crippen LogP contribution in [-0.2, 0) is 5.60 Å². The van der Waals surface area contributed by atoms with Gasteiger partial charge in [0.1, 0.15) is 11.4 Å². The minimum atomic E-state index is -0.944. The Bertz CT molecular complexity index is 899. The molecule has 3 aromatic rings. The lowest BCUT2D eigenvalue weighted by Crippen LogP contribution is -2.44. The fourth-order valence-corrected chi connectivity index (χ4v) is 5.16. The molecule has 1 aliphatic heterocycles. The maximum atomic E-state index is 12.0. The van der Waals surface area contributed by atoms with Crippen molar-refractivity contribution >= 4 is 11.8 Å². The number of hydrogen-bond acceptors (Lipinski definition) is 4. The SMILES string of the molecule is CSc1ccc(OCCCN2CCC(C(O)(c3ccccc3)c3ccccc3)CC2)cc1. The zero-order valence-electron chi connectivity index (χ0n) is 18.8. The van der Waals surface area contributed by atoms with Crippen LogP contribution in [0, 0.1) is 5.92 Å². The predicted octanol–water partition coefficient (Wildman–Crippen LogP) is 5.83. The average molecular weight is 448 g/mol. The van der Waals surface area contributed by atoms with Crippen LogP contribution in [0.1, 0.15) is 30.4 Å². The average Bonchev–Trinajstić information content (AvgIpc) is 2.88. The summed E-state index contributed by atoms with van der Waals surface area (Å²) in [5.74, 6) is 1.15. The molecule has 1 fully saturated rings. The third-order valence-electron chi connectivity index (χ3n) is 6.55. The maximum Gasteiger partial charge on any atom is 0.119 e. The molecule has 1 N–H and O–H groups in total. The molecule has 0 unspecified atom stereocenters. The van der Waals surface area contributed by atoms with E-state index in [1.54, 1.807) is 11.8 Å². The van der Waals surface area contributed by atoms with E-state index < -0.39 is 5.60 Å². The smallest absolute Gasteiger partial charge is 0.119 e. The molecule has 3 nitrogen and oxygen atoms in total. The highest BCUT2D eigenvalue weighted by atomic mass is 32.2. The predicted molar refractivity (Wildman–Crippen MR) is 133 cm³/mol. The Morgan fingerprint density at radius 3 is 1.97 bits per heavy atom. The molecule has 4 rings (SSSR count). The van der Waals surface area contributed by atoms with Crippen LogP contribution in [0.3, 0.4) is 0 Å². The summed E-state index contributed by atoms with van der Waals surface area (Å²) in [6, 6.07) is 28.6. The summed E-state index contributed by atoms with van der Waals surface area (Å²) < 4.78 is 5.91. The van der Waals surface area contributed by atoms with Crippen molar-refractivity contribution in [3.05, 3.63) is 96.1 Å². The molecule has 0 aliphatic carbocycles. The van der Waals surface area contributed by atoms with E-state index in [0.717, 1.165) is 62.4 Å². The van der Waals surface area contributed by atoms with Crippen molar-refractivity contribution in [1.29, 1.82) is 0 Å². The highest BCUT2D eigenvalue weighted by molar-refractivity contribution is 7.98. The van der Waals surface area contributed by atoms with Crippen molar-refractivity contribution in [1.82, 2.24) is 4.90 Å². The van der Waals surface area contributed by atoms with Crippen LogP contribution in [0.2, 0.25) is 0 Å². The zero-order valence-corrected chi connectivity index (χ0v) is 19.6. The molecule has 3 aromatic carbocycles. The van der Waals surface area contributed by atoms with Gasteiger partial charge in [0.25, 0.3) is 0 Å². The molecule has 1 heterocycles. The van der Waals surface area contributed by atoms with Gasteiger partial charge >= 0.3 is 0 Å². The fourth-order valence-electron chi connectivity index (χ4n) is 4.75. The van der Waals surface area contributed by atoms with Crippen LogP contribution in [-0.4, -0.2) is 42.5 Å². The molecule has 0 saturated carbocycles. The number of aliphatic hydroxyl groups is 1. The standard InChI is InChI=1S/C28H33NO2S/c1-32-27-15-13-26(14-16-27)31-22-8-19-29-20-17-25(18-21-29)28(30,23-9-4-2-5-10-23)24-11-6-3-7-12-24/h2-7,9-16,25,30H,8,17-22H2,1H3. The van der Waals surface area contributed by atoms with Gasteiger partial charge in [-0.3, -0.25) is 0 Å². The molecule has 0 aromatic heterocycles. The summed E-state index contributed by atoms with van der Waals surface area (Å²) in [4.78, 5) is 3.76. The third kappa shape index (κ3) is 5.37. The van der Waals surface area contributed by atoms with E-state index in [0.29, 0.717) is 0 Å². The van der Waals surface area contributed by atoms with E-state index in [4.69, 9.17) is 4.74 Å². The summed E-state index contributed by atoms with van der Waals surface area (Å²) >= 11 is 1.74. The number of rotatable bonds is 9. The summed E-state index contributed by atoms with van der Waals surface area (Å²) in [6.07, 6.45) is 5.06. The molecular formula is C28H33NO2S. The summed E-state index contributed by atoms with van der Waals surface area (Å²) in [5.41, 5.74) is 1.04. The Hall–Kier alpha value is -2.27. The molecule has 1 saturated heterocycles. The molecule has 1 aliphatic rings. The second-order valence-corrected chi connectivity index (χ2v) is 9.37. The number of thioether (sulfide) groups is 1. The fraction of sp³-hybridized carbons (Fsp3) is 0.357. The Balaban J connectivity index is 1.31. The first-order valence-corrected chi connectivity index (χ1v) is 12.8. The van der Waals surface area contributed by atoms with Crippen LogP contribution in [0.15, 0.2) is 89.8 Å². The van der Waals surface area contributed by atoms with E-state index in [-0.39, 0.29) is 5.92 Å². The molecule has 4 heteroatoms. The largest absolute Gasteiger partial charge is 0.494 e. The highest BCUT2D eigenvalue weighted by Gasteiger charge is 2.41. The molecule has 0 bridgehead atoms. The first-order valence-electron chi connectivity index (χ1n) is 11.5. The van der Waals surface area contributed by atoms with E-state index in [2.05, 4.69) is 47.6 Å². The van der Waals surface area contributed by atoms with Crippen molar-refractivity contribution in [2.45, 2.75) is 29.8 Å². The molecule has 0 radical (unpaired) electrons. The van der Waals surface area contributed by atoms with Gasteiger partial charge in [0.15, 0.2) is 0 Å². The van der Waals surface area contributed by atoms with Crippen LogP contribution >= 0.6 is 11.8 Å². The van der Waals surface area contributed by atoms with Crippen molar-refractivity contribution in [3.8, 4) is 5.75 Å². The Kier molecular flexibility index (Phi) is 7.90. The van der Waals surface area contributed by atoms with Gasteiger partial charge in [0, 0.05) is 11.4 Å². The third-order valence-corrected chi connectivity index (χ3v) is 7.30. The van der Waals surface area contributed by atoms with E-state index in [1.165, 1.54) is 4.90 Å². The van der Waals surface area contributed by atoms with Gasteiger partial charge in [-0.1, -0.05) is 60.7 Å². The van der Waals surface area contributed by atoms with E-state index >= 15 is 0 Å². The summed E-state index contributed by atoms with van der Waals surface area (Å²) in [6.45, 7) is 3.78. The normalized spacial score (nSPS) is 15.6. The zero-order chi connectivity index (χ0) is 22.2. The molecule has 0 atom stereocenters. The van der Waals surface area contributed by atoms with Crippen LogP contribution in [0.5, 0.6) is 5.75 Å². The molecular weight excluding hydrogens is 414 g/mol. The second-order valence-electron chi connectivity index (χ2n) is 8.49. The first-order chi connectivity index (χ1) is 15.7. The Morgan fingerprint density at radius 2 is 1.44 bits per heavy atom. The molecule has 0 spiro atoms. The van der Waals surface area contributed by atoms with Crippen molar-refractivity contribution in [3.63, 3.8) is 0 Å². The van der Waals surface area contributed by atoms with Gasteiger partial charge in [0.05, 0.1) is 6.61 Å². The lowest BCUT2D eigenvalue weighted by molar-refractivity contribution is -0.0146. The quantitative estimate of drug-likeness (QED) is 0.331. The van der Waals surface area contributed by atoms with Gasteiger partial charge in [-0.25, -0.2) is 0 Å². The Morgan fingerprint density at radius 1 is 0.875 bits per heavy atom. The summed E-state index contributed by atoms with van der Waals surface area (Å²) in [7, 11) is 0. The van der Waals surface area contributed by atoms with Crippen LogP contribution in [0.25, 0.3) is 0 Å². The summed E-state index contributed by atoms with van der Waals surface area (Å²) in [5, 5.41) is 12.0. The minimum Gasteiger partial charge on any atom is -0.494 e. The molecule has 0 amide bonds. The number of nitrogens with zero attached hydrogens (tertiary/aromatic N) is 1. The Labute approximate surface area is 196 Å². The van der Waals surface area contributed by atoms with Gasteiger partial charge < -0.3 is 14.7 Å². The van der Waals surface area contributed by atoms with Gasteiger partial charge in [-0.05, 0) is 79.9 Å².